The van der Waals surface area contributed by atoms with E-state index in [0.717, 1.165) is 11.3 Å². The van der Waals surface area contributed by atoms with E-state index in [-0.39, 0.29) is 11.8 Å². The number of carbonyl (C=O) groups excluding carboxylic acids is 1. The van der Waals surface area contributed by atoms with Gasteiger partial charge in [-0.25, -0.2) is 0 Å². The maximum absolute atomic E-state index is 12.3. The third-order valence-electron chi connectivity index (χ3n) is 3.69. The summed E-state index contributed by atoms with van der Waals surface area (Å²) in [5, 5.41) is 2.99. The fourth-order valence-corrected chi connectivity index (χ4v) is 3.22. The van der Waals surface area contributed by atoms with Gasteiger partial charge >= 0.3 is 0 Å². The molecule has 1 atom stereocenters. The van der Waals surface area contributed by atoms with E-state index in [1.54, 1.807) is 18.9 Å². The molecule has 0 aliphatic carbocycles. The number of rotatable bonds is 9. The summed E-state index contributed by atoms with van der Waals surface area (Å²) in [7, 11) is 1.61. The second-order valence-electron chi connectivity index (χ2n) is 5.66. The Labute approximate surface area is 153 Å². The first kappa shape index (κ1) is 19.2. The standard InChI is InChI=1S/C20H25NO3S/c1-4-24-18-11-10-16(12-19(18)23-3)13-21-20(22)15(2)14-25-17-8-6-5-7-9-17/h5-12,15H,4,13-14H2,1-3H3,(H,21,22). The monoisotopic (exact) mass is 359 g/mol. The van der Waals surface area contributed by atoms with Gasteiger partial charge in [-0.05, 0) is 36.8 Å². The van der Waals surface area contributed by atoms with Gasteiger partial charge < -0.3 is 14.8 Å². The summed E-state index contributed by atoms with van der Waals surface area (Å²) in [6, 6.07) is 15.8. The molecule has 25 heavy (non-hydrogen) atoms. The van der Waals surface area contributed by atoms with Crippen molar-refractivity contribution in [2.24, 2.45) is 5.92 Å². The van der Waals surface area contributed by atoms with Crippen LogP contribution in [0.3, 0.4) is 0 Å². The van der Waals surface area contributed by atoms with E-state index in [0.29, 0.717) is 24.7 Å². The molecule has 0 fully saturated rings. The van der Waals surface area contributed by atoms with E-state index < -0.39 is 0 Å². The molecule has 0 saturated heterocycles. The Balaban J connectivity index is 1.84. The molecule has 1 amide bonds. The average molecular weight is 359 g/mol. The molecule has 0 bridgehead atoms. The van der Waals surface area contributed by atoms with Gasteiger partial charge in [-0.15, -0.1) is 11.8 Å². The SMILES string of the molecule is CCOc1ccc(CNC(=O)C(C)CSc2ccccc2)cc1OC. The van der Waals surface area contributed by atoms with Gasteiger partial charge in [0.1, 0.15) is 0 Å². The summed E-state index contributed by atoms with van der Waals surface area (Å²) in [6.07, 6.45) is 0. The molecule has 1 N–H and O–H groups in total. The minimum Gasteiger partial charge on any atom is -0.493 e. The predicted octanol–water partition coefficient (Wildman–Crippen LogP) is 4.14. The largest absolute Gasteiger partial charge is 0.493 e. The van der Waals surface area contributed by atoms with Gasteiger partial charge in [-0.2, -0.15) is 0 Å². The van der Waals surface area contributed by atoms with Crippen LogP contribution in [0.4, 0.5) is 0 Å². The number of methoxy groups -OCH3 is 1. The third-order valence-corrected chi connectivity index (χ3v) is 4.96. The molecule has 2 aromatic carbocycles. The number of nitrogens with one attached hydrogen (secondary N) is 1. The second-order valence-corrected chi connectivity index (χ2v) is 6.75. The summed E-state index contributed by atoms with van der Waals surface area (Å²) in [6.45, 7) is 4.94. The average Bonchev–Trinajstić information content (AvgIpc) is 2.66. The van der Waals surface area contributed by atoms with Gasteiger partial charge in [0.05, 0.1) is 13.7 Å². The van der Waals surface area contributed by atoms with Gasteiger partial charge in [0.15, 0.2) is 11.5 Å². The Morgan fingerprint density at radius 2 is 1.92 bits per heavy atom. The van der Waals surface area contributed by atoms with Crippen LogP contribution >= 0.6 is 11.8 Å². The highest BCUT2D eigenvalue weighted by atomic mass is 32.2. The number of amides is 1. The highest BCUT2D eigenvalue weighted by Gasteiger charge is 2.13. The van der Waals surface area contributed by atoms with Crippen molar-refractivity contribution in [3.8, 4) is 11.5 Å². The smallest absolute Gasteiger partial charge is 0.223 e. The van der Waals surface area contributed by atoms with E-state index in [1.165, 1.54) is 4.90 Å². The van der Waals surface area contributed by atoms with Crippen LogP contribution in [0.25, 0.3) is 0 Å². The van der Waals surface area contributed by atoms with Crippen LogP contribution in [0.5, 0.6) is 11.5 Å². The van der Waals surface area contributed by atoms with Crippen molar-refractivity contribution >= 4 is 17.7 Å². The van der Waals surface area contributed by atoms with Crippen LogP contribution in [0, 0.1) is 5.92 Å². The number of hydrogen-bond donors (Lipinski definition) is 1. The van der Waals surface area contributed by atoms with Gasteiger partial charge in [-0.3, -0.25) is 4.79 Å². The van der Waals surface area contributed by atoms with Crippen LogP contribution in [-0.4, -0.2) is 25.4 Å². The van der Waals surface area contributed by atoms with Gasteiger partial charge in [-0.1, -0.05) is 31.2 Å². The van der Waals surface area contributed by atoms with Crippen LogP contribution in [0.1, 0.15) is 19.4 Å². The number of benzene rings is 2. The first-order chi connectivity index (χ1) is 12.1. The number of carbonyl (C=O) groups is 1. The molecule has 0 spiro atoms. The molecule has 0 heterocycles. The fourth-order valence-electron chi connectivity index (χ4n) is 2.27. The lowest BCUT2D eigenvalue weighted by Gasteiger charge is -2.14. The van der Waals surface area contributed by atoms with Crippen molar-refractivity contribution in [2.75, 3.05) is 19.5 Å². The lowest BCUT2D eigenvalue weighted by Crippen LogP contribution is -2.29. The van der Waals surface area contributed by atoms with Gasteiger partial charge in [0.2, 0.25) is 5.91 Å². The third kappa shape index (κ3) is 6.02. The maximum Gasteiger partial charge on any atom is 0.223 e. The summed E-state index contributed by atoms with van der Waals surface area (Å²) in [4.78, 5) is 13.5. The van der Waals surface area contributed by atoms with Crippen molar-refractivity contribution < 1.29 is 14.3 Å². The molecule has 2 rings (SSSR count). The van der Waals surface area contributed by atoms with Crippen molar-refractivity contribution in [3.63, 3.8) is 0 Å². The van der Waals surface area contributed by atoms with Crippen molar-refractivity contribution in [1.82, 2.24) is 5.32 Å². The Morgan fingerprint density at radius 3 is 2.60 bits per heavy atom. The zero-order valence-corrected chi connectivity index (χ0v) is 15.8. The molecular weight excluding hydrogens is 334 g/mol. The summed E-state index contributed by atoms with van der Waals surface area (Å²) < 4.78 is 10.8. The zero-order valence-electron chi connectivity index (χ0n) is 15.0. The highest BCUT2D eigenvalue weighted by molar-refractivity contribution is 7.99. The lowest BCUT2D eigenvalue weighted by atomic mass is 10.1. The molecule has 2 aromatic rings. The molecule has 1 unspecified atom stereocenters. The summed E-state index contributed by atoms with van der Waals surface area (Å²) in [5.74, 6) is 2.14. The maximum atomic E-state index is 12.3. The molecule has 134 valence electrons. The minimum absolute atomic E-state index is 0.0521. The van der Waals surface area contributed by atoms with Crippen molar-refractivity contribution in [1.29, 1.82) is 0 Å². The molecule has 0 saturated carbocycles. The van der Waals surface area contributed by atoms with E-state index in [9.17, 15) is 4.79 Å². The first-order valence-electron chi connectivity index (χ1n) is 8.39. The molecule has 0 radical (unpaired) electrons. The Kier molecular flexibility index (Phi) is 7.67. The molecule has 0 aliphatic rings. The van der Waals surface area contributed by atoms with E-state index in [2.05, 4.69) is 17.4 Å². The predicted molar refractivity (Wildman–Crippen MR) is 102 cm³/mol. The molecular formula is C20H25NO3S. The van der Waals surface area contributed by atoms with Crippen molar-refractivity contribution in [3.05, 3.63) is 54.1 Å². The zero-order chi connectivity index (χ0) is 18.1. The Bertz CT molecular complexity index is 676. The number of thioether (sulfide) groups is 1. The molecule has 4 nitrogen and oxygen atoms in total. The van der Waals surface area contributed by atoms with Crippen molar-refractivity contribution in [2.45, 2.75) is 25.3 Å². The fraction of sp³-hybridized carbons (Fsp3) is 0.350. The topological polar surface area (TPSA) is 47.6 Å². The van der Waals surface area contributed by atoms with Gasteiger partial charge in [0, 0.05) is 23.1 Å². The molecule has 0 aliphatic heterocycles. The Hall–Kier alpha value is -2.14. The summed E-state index contributed by atoms with van der Waals surface area (Å²) >= 11 is 1.69. The van der Waals surface area contributed by atoms with E-state index in [4.69, 9.17) is 9.47 Å². The van der Waals surface area contributed by atoms with E-state index in [1.807, 2.05) is 50.2 Å². The summed E-state index contributed by atoms with van der Waals surface area (Å²) in [5.41, 5.74) is 0.983. The van der Waals surface area contributed by atoms with Crippen LogP contribution < -0.4 is 14.8 Å². The Morgan fingerprint density at radius 1 is 1.16 bits per heavy atom. The number of hydrogen-bond acceptors (Lipinski definition) is 4. The van der Waals surface area contributed by atoms with Gasteiger partial charge in [0.25, 0.3) is 0 Å². The van der Waals surface area contributed by atoms with Crippen LogP contribution in [0.15, 0.2) is 53.4 Å². The highest BCUT2D eigenvalue weighted by Crippen LogP contribution is 2.28. The van der Waals surface area contributed by atoms with Crippen LogP contribution in [-0.2, 0) is 11.3 Å². The second kappa shape index (κ2) is 9.99. The minimum atomic E-state index is -0.0604. The molecule has 5 heteroatoms. The van der Waals surface area contributed by atoms with Crippen LogP contribution in [0.2, 0.25) is 0 Å². The normalized spacial score (nSPS) is 11.6. The first-order valence-corrected chi connectivity index (χ1v) is 9.37. The number of ether oxygens (including phenoxy) is 2. The quantitative estimate of drug-likeness (QED) is 0.684. The molecule has 0 aromatic heterocycles. The van der Waals surface area contributed by atoms with E-state index >= 15 is 0 Å². The lowest BCUT2D eigenvalue weighted by molar-refractivity contribution is -0.124.